The van der Waals surface area contributed by atoms with Crippen molar-refractivity contribution in [3.63, 3.8) is 0 Å². The quantitative estimate of drug-likeness (QED) is 0.829. The minimum atomic E-state index is -2.97. The number of rotatable bonds is 2. The molecule has 2 aliphatic heterocycles. The van der Waals surface area contributed by atoms with Gasteiger partial charge in [-0.25, -0.2) is 8.42 Å². The van der Waals surface area contributed by atoms with E-state index in [1.165, 1.54) is 0 Å². The Labute approximate surface area is 136 Å². The molecule has 3 heterocycles. The zero-order valence-electron chi connectivity index (χ0n) is 13.3. The molecule has 1 aromatic rings. The molecule has 23 heavy (non-hydrogen) atoms. The number of morpholine rings is 1. The van der Waals surface area contributed by atoms with E-state index in [1.54, 1.807) is 6.07 Å². The molecule has 0 bridgehead atoms. The predicted octanol–water partition coefficient (Wildman–Crippen LogP) is 0.225. The lowest BCUT2D eigenvalue weighted by molar-refractivity contribution is 0.0989. The first-order valence-electron chi connectivity index (χ1n) is 7.99. The second kappa shape index (κ2) is 6.52. The van der Waals surface area contributed by atoms with Crippen LogP contribution in [0, 0.1) is 0 Å². The summed E-state index contributed by atoms with van der Waals surface area (Å²) >= 11 is 0. The second-order valence-electron chi connectivity index (χ2n) is 6.20. The zero-order chi connectivity index (χ0) is 16.4. The molecule has 128 valence electrons. The fraction of sp³-hybridized carbons (Fsp3) is 0.667. The van der Waals surface area contributed by atoms with Crippen LogP contribution >= 0.6 is 0 Å². The van der Waals surface area contributed by atoms with Gasteiger partial charge < -0.3 is 19.5 Å². The molecule has 1 atom stereocenters. The predicted molar refractivity (Wildman–Crippen MR) is 90.2 cm³/mol. The van der Waals surface area contributed by atoms with Gasteiger partial charge in [0.15, 0.2) is 9.84 Å². The minimum Gasteiger partial charge on any atom is -0.377 e. The number of pyridine rings is 1. The van der Waals surface area contributed by atoms with Gasteiger partial charge in [-0.1, -0.05) is 0 Å². The lowest BCUT2D eigenvalue weighted by Crippen LogP contribution is -2.44. The molecule has 0 unspecified atom stereocenters. The van der Waals surface area contributed by atoms with Gasteiger partial charge in [0.2, 0.25) is 0 Å². The number of ether oxygens (including phenoxy) is 1. The molecular weight excluding hydrogens is 318 g/mol. The molecule has 8 heteroatoms. The molecule has 0 spiro atoms. The van der Waals surface area contributed by atoms with Crippen LogP contribution in [0.3, 0.4) is 0 Å². The Morgan fingerprint density at radius 2 is 2.04 bits per heavy atom. The van der Waals surface area contributed by atoms with Crippen LogP contribution in [0.15, 0.2) is 16.9 Å². The highest BCUT2D eigenvalue weighted by Gasteiger charge is 2.23. The molecule has 0 radical (unpaired) electrons. The van der Waals surface area contributed by atoms with Crippen LogP contribution < -0.4 is 15.4 Å². The molecule has 3 rings (SSSR count). The summed E-state index contributed by atoms with van der Waals surface area (Å²) in [6.07, 6.45) is 0.586. The van der Waals surface area contributed by atoms with Gasteiger partial charge in [-0.3, -0.25) is 4.79 Å². The van der Waals surface area contributed by atoms with Crippen molar-refractivity contribution >= 4 is 21.3 Å². The molecule has 2 saturated heterocycles. The molecule has 0 aromatic carbocycles. The number of anilines is 2. The van der Waals surface area contributed by atoms with E-state index in [0.717, 1.165) is 12.2 Å². The van der Waals surface area contributed by atoms with Crippen molar-refractivity contribution in [1.29, 1.82) is 0 Å². The number of H-pyrrole nitrogens is 1. The first-order valence-corrected chi connectivity index (χ1v) is 9.81. The van der Waals surface area contributed by atoms with Crippen molar-refractivity contribution < 1.29 is 13.2 Å². The van der Waals surface area contributed by atoms with Gasteiger partial charge in [0, 0.05) is 43.5 Å². The van der Waals surface area contributed by atoms with Crippen LogP contribution in [-0.4, -0.2) is 63.8 Å². The van der Waals surface area contributed by atoms with Gasteiger partial charge in [0.05, 0.1) is 24.7 Å². The lowest BCUT2D eigenvalue weighted by Gasteiger charge is -2.35. The molecule has 1 aromatic heterocycles. The van der Waals surface area contributed by atoms with Crippen LogP contribution in [0.1, 0.15) is 13.3 Å². The smallest absolute Gasteiger partial charge is 0.251 e. The average molecular weight is 341 g/mol. The maximum Gasteiger partial charge on any atom is 0.251 e. The van der Waals surface area contributed by atoms with E-state index in [-0.39, 0.29) is 23.1 Å². The van der Waals surface area contributed by atoms with Crippen molar-refractivity contribution in [1.82, 2.24) is 4.98 Å². The Morgan fingerprint density at radius 3 is 2.83 bits per heavy atom. The first kappa shape index (κ1) is 16.3. The molecule has 0 saturated carbocycles. The van der Waals surface area contributed by atoms with Gasteiger partial charge in [-0.05, 0) is 13.3 Å². The summed E-state index contributed by atoms with van der Waals surface area (Å²) in [6, 6.07) is 3.75. The van der Waals surface area contributed by atoms with Gasteiger partial charge >= 0.3 is 0 Å². The Kier molecular flexibility index (Phi) is 4.63. The Morgan fingerprint density at radius 1 is 1.22 bits per heavy atom. The first-order chi connectivity index (χ1) is 10.9. The summed E-state index contributed by atoms with van der Waals surface area (Å²) in [4.78, 5) is 19.0. The second-order valence-corrected chi connectivity index (χ2v) is 8.50. The Bertz CT molecular complexity index is 716. The highest BCUT2D eigenvalue weighted by atomic mass is 32.2. The average Bonchev–Trinajstić information content (AvgIpc) is 2.68. The van der Waals surface area contributed by atoms with Crippen LogP contribution in [-0.2, 0) is 14.6 Å². The maximum absolute atomic E-state index is 12.1. The molecule has 0 amide bonds. The summed E-state index contributed by atoms with van der Waals surface area (Å²) in [5.74, 6) is 1.05. The van der Waals surface area contributed by atoms with Gasteiger partial charge in [0.25, 0.3) is 5.56 Å². The number of hydrogen-bond donors (Lipinski definition) is 1. The zero-order valence-corrected chi connectivity index (χ0v) is 14.1. The maximum atomic E-state index is 12.1. The third-order valence-electron chi connectivity index (χ3n) is 4.41. The summed E-state index contributed by atoms with van der Waals surface area (Å²) in [6.45, 7) is 5.16. The van der Waals surface area contributed by atoms with Gasteiger partial charge in [-0.2, -0.15) is 0 Å². The summed E-state index contributed by atoms with van der Waals surface area (Å²) in [7, 11) is -2.97. The molecule has 2 fully saturated rings. The molecule has 7 nitrogen and oxygen atoms in total. The number of nitrogens with zero attached hydrogens (tertiary/aromatic N) is 2. The lowest BCUT2D eigenvalue weighted by atomic mass is 10.2. The number of hydrogen-bond acceptors (Lipinski definition) is 6. The normalized spacial score (nSPS) is 25.2. The molecule has 0 aliphatic carbocycles. The van der Waals surface area contributed by atoms with Crippen molar-refractivity contribution in [2.45, 2.75) is 19.4 Å². The van der Waals surface area contributed by atoms with Gasteiger partial charge in [-0.15, -0.1) is 0 Å². The van der Waals surface area contributed by atoms with E-state index < -0.39 is 9.84 Å². The van der Waals surface area contributed by atoms with E-state index in [1.807, 2.05) is 11.0 Å². The molecule has 2 aliphatic rings. The van der Waals surface area contributed by atoms with Crippen molar-refractivity contribution in [3.05, 3.63) is 22.5 Å². The summed E-state index contributed by atoms with van der Waals surface area (Å²) in [5, 5.41) is 0. The molecule has 1 N–H and O–H groups in total. The summed E-state index contributed by atoms with van der Waals surface area (Å²) in [5.41, 5.74) is 0.704. The van der Waals surface area contributed by atoms with Crippen LogP contribution in [0.5, 0.6) is 0 Å². The highest BCUT2D eigenvalue weighted by molar-refractivity contribution is 7.91. The highest BCUT2D eigenvalue weighted by Crippen LogP contribution is 2.23. The third-order valence-corrected chi connectivity index (χ3v) is 6.13. The van der Waals surface area contributed by atoms with Gasteiger partial charge in [0.1, 0.15) is 5.82 Å². The topological polar surface area (TPSA) is 82.7 Å². The van der Waals surface area contributed by atoms with E-state index in [0.29, 0.717) is 38.5 Å². The number of aromatic nitrogens is 1. The number of sulfone groups is 1. The fourth-order valence-corrected chi connectivity index (χ4v) is 4.41. The Hall–Kier alpha value is -1.54. The number of nitrogens with one attached hydrogen (secondary N) is 1. The van der Waals surface area contributed by atoms with Crippen molar-refractivity contribution in [2.24, 2.45) is 0 Å². The van der Waals surface area contributed by atoms with Crippen molar-refractivity contribution in [3.8, 4) is 0 Å². The van der Waals surface area contributed by atoms with E-state index in [2.05, 4.69) is 16.8 Å². The SMILES string of the molecule is C[C@@H]1COCCN1c1cc(N2CCCS(=O)(=O)CC2)[nH]c(=O)c1. The Balaban J connectivity index is 1.87. The standard InChI is InChI=1S/C15H23N3O4S/c1-12-11-22-6-4-18(12)13-9-14(16-15(19)10-13)17-3-2-7-23(20,21)8-5-17/h9-10,12H,2-8,11H2,1H3,(H,16,19)/t12-/m1/s1. The number of aromatic amines is 1. The van der Waals surface area contributed by atoms with Crippen LogP contribution in [0.2, 0.25) is 0 Å². The third kappa shape index (κ3) is 3.87. The monoisotopic (exact) mass is 341 g/mol. The molecular formula is C15H23N3O4S. The van der Waals surface area contributed by atoms with E-state index in [9.17, 15) is 13.2 Å². The van der Waals surface area contributed by atoms with Crippen LogP contribution in [0.4, 0.5) is 11.5 Å². The fourth-order valence-electron chi connectivity index (χ4n) is 3.14. The largest absolute Gasteiger partial charge is 0.377 e. The summed E-state index contributed by atoms with van der Waals surface area (Å²) < 4.78 is 28.9. The van der Waals surface area contributed by atoms with E-state index >= 15 is 0 Å². The van der Waals surface area contributed by atoms with E-state index in [4.69, 9.17) is 4.74 Å². The minimum absolute atomic E-state index is 0.132. The van der Waals surface area contributed by atoms with Crippen LogP contribution in [0.25, 0.3) is 0 Å². The van der Waals surface area contributed by atoms with Crippen molar-refractivity contribution in [2.75, 3.05) is 54.2 Å².